The molecule has 0 radical (unpaired) electrons. The number of aliphatic carboxylic acids is 1. The molecule has 0 aliphatic carbocycles. The van der Waals surface area contributed by atoms with Crippen LogP contribution < -0.4 is 19.6 Å². The molecule has 2 rings (SSSR count). The summed E-state index contributed by atoms with van der Waals surface area (Å²) in [7, 11) is 1.47. The van der Waals surface area contributed by atoms with Crippen molar-refractivity contribution in [2.75, 3.05) is 20.3 Å². The highest BCUT2D eigenvalue weighted by Gasteiger charge is 2.13. The van der Waals surface area contributed by atoms with Crippen molar-refractivity contribution in [1.82, 2.24) is 5.43 Å². The van der Waals surface area contributed by atoms with Crippen LogP contribution in [0.2, 0.25) is 0 Å². The number of nitrogens with zero attached hydrogens (tertiary/aromatic N) is 1. The van der Waals surface area contributed by atoms with E-state index in [4.69, 9.17) is 19.3 Å². The van der Waals surface area contributed by atoms with E-state index in [1.54, 1.807) is 30.3 Å². The van der Waals surface area contributed by atoms with E-state index in [2.05, 4.69) is 49.0 Å². The van der Waals surface area contributed by atoms with Crippen LogP contribution in [0.3, 0.4) is 0 Å². The number of halogens is 2. The molecule has 0 spiro atoms. The number of carboxylic acid groups (broad SMARTS) is 1. The summed E-state index contributed by atoms with van der Waals surface area (Å²) < 4.78 is 17.2. The van der Waals surface area contributed by atoms with E-state index in [9.17, 15) is 9.59 Å². The van der Waals surface area contributed by atoms with Crippen molar-refractivity contribution in [2.45, 2.75) is 0 Å². The normalized spacial score (nSPS) is 10.5. The van der Waals surface area contributed by atoms with Gasteiger partial charge in [-0.15, -0.1) is 0 Å². The van der Waals surface area contributed by atoms with Gasteiger partial charge in [0.25, 0.3) is 5.91 Å². The topological polar surface area (TPSA) is 106 Å². The lowest BCUT2D eigenvalue weighted by molar-refractivity contribution is -0.139. The van der Waals surface area contributed by atoms with Crippen molar-refractivity contribution < 1.29 is 28.9 Å². The lowest BCUT2D eigenvalue weighted by Gasteiger charge is -2.11. The zero-order valence-corrected chi connectivity index (χ0v) is 19.0. The van der Waals surface area contributed by atoms with Crippen LogP contribution in [0.25, 0.3) is 0 Å². The number of carbonyl (C=O) groups excluding carboxylic acids is 1. The van der Waals surface area contributed by atoms with Gasteiger partial charge in [0.15, 0.2) is 18.1 Å². The van der Waals surface area contributed by atoms with Crippen LogP contribution in [-0.4, -0.2) is 43.5 Å². The summed E-state index contributed by atoms with van der Waals surface area (Å²) in [6.45, 7) is 3.37. The molecule has 2 N–H and O–H groups in total. The predicted octanol–water partition coefficient (Wildman–Crippen LogP) is 4.01. The summed E-state index contributed by atoms with van der Waals surface area (Å²) in [5.74, 6) is -0.424. The van der Waals surface area contributed by atoms with Gasteiger partial charge in [0.05, 0.1) is 17.8 Å². The van der Waals surface area contributed by atoms with Crippen LogP contribution in [0, 0.1) is 0 Å². The second-order valence-corrected chi connectivity index (χ2v) is 7.42. The molecule has 2 aromatic rings. The van der Waals surface area contributed by atoms with E-state index in [0.717, 1.165) is 0 Å². The first-order valence-corrected chi connectivity index (χ1v) is 10.0. The Morgan fingerprint density at radius 3 is 2.63 bits per heavy atom. The van der Waals surface area contributed by atoms with E-state index >= 15 is 0 Å². The van der Waals surface area contributed by atoms with Crippen molar-refractivity contribution in [3.8, 4) is 17.2 Å². The zero-order valence-electron chi connectivity index (χ0n) is 15.9. The molecule has 8 nitrogen and oxygen atoms in total. The average molecular weight is 542 g/mol. The van der Waals surface area contributed by atoms with Gasteiger partial charge in [-0.05, 0) is 46.3 Å². The maximum atomic E-state index is 12.4. The number of amides is 1. The van der Waals surface area contributed by atoms with Crippen LogP contribution in [0.4, 0.5) is 0 Å². The number of hydrazone groups is 1. The summed E-state index contributed by atoms with van der Waals surface area (Å²) in [6, 6.07) is 8.09. The van der Waals surface area contributed by atoms with Gasteiger partial charge in [0.2, 0.25) is 0 Å². The molecule has 158 valence electrons. The number of rotatable bonds is 10. The fourth-order valence-corrected chi connectivity index (χ4v) is 3.64. The van der Waals surface area contributed by atoms with Gasteiger partial charge in [0, 0.05) is 15.6 Å². The second kappa shape index (κ2) is 11.4. The van der Waals surface area contributed by atoms with Gasteiger partial charge in [-0.2, -0.15) is 5.10 Å². The monoisotopic (exact) mass is 540 g/mol. The molecule has 0 heterocycles. The van der Waals surface area contributed by atoms with Crippen LogP contribution in [0.5, 0.6) is 17.2 Å². The number of carbonyl (C=O) groups is 2. The Kier molecular flexibility index (Phi) is 8.88. The highest BCUT2D eigenvalue weighted by molar-refractivity contribution is 9.11. The third-order valence-corrected chi connectivity index (χ3v) is 4.58. The van der Waals surface area contributed by atoms with Gasteiger partial charge in [-0.3, -0.25) is 4.79 Å². The second-order valence-electron chi connectivity index (χ2n) is 5.65. The number of methoxy groups -OCH3 is 1. The lowest BCUT2D eigenvalue weighted by Crippen LogP contribution is -2.18. The quantitative estimate of drug-likeness (QED) is 0.267. The minimum Gasteiger partial charge on any atom is -0.493 e. The van der Waals surface area contributed by atoms with Crippen LogP contribution in [0.15, 0.2) is 57.0 Å². The number of carboxylic acids is 1. The number of nitrogens with one attached hydrogen (secondary N) is 1. The van der Waals surface area contributed by atoms with E-state index in [1.807, 2.05) is 0 Å². The third-order valence-electron chi connectivity index (χ3n) is 3.53. The Morgan fingerprint density at radius 1 is 1.20 bits per heavy atom. The molecule has 0 aliphatic heterocycles. The van der Waals surface area contributed by atoms with Crippen molar-refractivity contribution in [3.05, 3.63) is 63.1 Å². The SMILES string of the molecule is C=CCOc1ccc(C(=O)N/N=C/c2cc(Br)cc(Br)c2OCC(=O)O)cc1OC. The third kappa shape index (κ3) is 6.60. The maximum Gasteiger partial charge on any atom is 0.341 e. The van der Waals surface area contributed by atoms with Gasteiger partial charge in [-0.1, -0.05) is 28.6 Å². The van der Waals surface area contributed by atoms with Crippen molar-refractivity contribution in [2.24, 2.45) is 5.10 Å². The summed E-state index contributed by atoms with van der Waals surface area (Å²) in [5, 5.41) is 12.8. The van der Waals surface area contributed by atoms with Crippen LogP contribution in [0.1, 0.15) is 15.9 Å². The molecule has 1 amide bonds. The molecule has 0 atom stereocenters. The smallest absolute Gasteiger partial charge is 0.341 e. The molecule has 0 saturated carbocycles. The van der Waals surface area contributed by atoms with Crippen LogP contribution >= 0.6 is 31.9 Å². The van der Waals surface area contributed by atoms with Crippen molar-refractivity contribution >= 4 is 50.0 Å². The van der Waals surface area contributed by atoms with E-state index < -0.39 is 18.5 Å². The van der Waals surface area contributed by atoms with Gasteiger partial charge in [0.1, 0.15) is 12.4 Å². The molecular formula is C20H18Br2N2O6. The summed E-state index contributed by atoms with van der Waals surface area (Å²) >= 11 is 6.66. The fourth-order valence-electron chi connectivity index (χ4n) is 2.26. The highest BCUT2D eigenvalue weighted by Crippen LogP contribution is 2.32. The fraction of sp³-hybridized carbons (Fsp3) is 0.150. The molecule has 0 aliphatic rings. The largest absolute Gasteiger partial charge is 0.493 e. The molecule has 0 saturated heterocycles. The molecule has 30 heavy (non-hydrogen) atoms. The minimum absolute atomic E-state index is 0.281. The molecule has 0 fully saturated rings. The Bertz CT molecular complexity index is 978. The molecule has 0 bridgehead atoms. The molecule has 10 heteroatoms. The Labute approximate surface area is 189 Å². The number of hydrogen-bond acceptors (Lipinski definition) is 6. The van der Waals surface area contributed by atoms with Crippen molar-refractivity contribution in [1.29, 1.82) is 0 Å². The van der Waals surface area contributed by atoms with E-state index in [0.29, 0.717) is 38.2 Å². The standard InChI is InChI=1S/C20H18Br2N2O6/c1-3-6-29-16-5-4-12(8-17(16)28-2)20(27)24-23-10-13-7-14(21)9-15(22)19(13)30-11-18(25)26/h3-5,7-10H,1,6,11H2,2H3,(H,24,27)(H,25,26)/b23-10+. The molecule has 0 unspecified atom stereocenters. The Hall–Kier alpha value is -2.85. The summed E-state index contributed by atoms with van der Waals surface area (Å²) in [6.07, 6.45) is 2.95. The Morgan fingerprint density at radius 2 is 1.97 bits per heavy atom. The van der Waals surface area contributed by atoms with E-state index in [1.165, 1.54) is 19.4 Å². The summed E-state index contributed by atoms with van der Waals surface area (Å²) in [4.78, 5) is 23.2. The number of ether oxygens (including phenoxy) is 3. The highest BCUT2D eigenvalue weighted by atomic mass is 79.9. The Balaban J connectivity index is 2.16. The van der Waals surface area contributed by atoms with Crippen molar-refractivity contribution in [3.63, 3.8) is 0 Å². The first-order valence-electron chi connectivity index (χ1n) is 8.44. The molecular weight excluding hydrogens is 524 g/mol. The predicted molar refractivity (Wildman–Crippen MR) is 119 cm³/mol. The number of hydrogen-bond donors (Lipinski definition) is 2. The lowest BCUT2D eigenvalue weighted by atomic mass is 10.2. The maximum absolute atomic E-state index is 12.4. The van der Waals surface area contributed by atoms with E-state index in [-0.39, 0.29) is 5.75 Å². The minimum atomic E-state index is -1.12. The number of benzene rings is 2. The average Bonchev–Trinajstić information content (AvgIpc) is 2.71. The molecule has 0 aromatic heterocycles. The summed E-state index contributed by atoms with van der Waals surface area (Å²) in [5.41, 5.74) is 3.18. The zero-order chi connectivity index (χ0) is 22.1. The van der Waals surface area contributed by atoms with Crippen LogP contribution in [-0.2, 0) is 4.79 Å². The first kappa shape index (κ1) is 23.4. The molecule has 2 aromatic carbocycles. The first-order chi connectivity index (χ1) is 14.3. The van der Waals surface area contributed by atoms with Gasteiger partial charge in [-0.25, -0.2) is 10.2 Å². The van der Waals surface area contributed by atoms with Gasteiger partial charge < -0.3 is 19.3 Å². The van der Waals surface area contributed by atoms with Gasteiger partial charge >= 0.3 is 5.97 Å².